The minimum absolute atomic E-state index is 0.0745. The van der Waals surface area contributed by atoms with E-state index in [1.54, 1.807) is 0 Å². The van der Waals surface area contributed by atoms with Crippen LogP contribution in [0.5, 0.6) is 0 Å². The third-order valence-corrected chi connectivity index (χ3v) is 3.46. The van der Waals surface area contributed by atoms with Gasteiger partial charge in [0.1, 0.15) is 5.76 Å². The minimum Gasteiger partial charge on any atom is -0.506 e. The number of carbonyl (C=O) groups excluding carboxylic acids is 2. The van der Waals surface area contributed by atoms with Crippen LogP contribution >= 0.6 is 0 Å². The van der Waals surface area contributed by atoms with E-state index in [1.807, 2.05) is 13.8 Å². The lowest BCUT2D eigenvalue weighted by atomic mass is 10.1. The van der Waals surface area contributed by atoms with Crippen LogP contribution in [0.25, 0.3) is 5.76 Å². The fourth-order valence-corrected chi connectivity index (χ4v) is 1.92. The molecule has 0 aliphatic carbocycles. The highest BCUT2D eigenvalue weighted by Gasteiger charge is 2.27. The highest BCUT2D eigenvalue weighted by molar-refractivity contribution is 6.19. The first-order chi connectivity index (χ1) is 12.4. The van der Waals surface area contributed by atoms with E-state index in [2.05, 4.69) is 0 Å². The zero-order chi connectivity index (χ0) is 19.5. The lowest BCUT2D eigenvalue weighted by Gasteiger charge is -2.11. The Morgan fingerprint density at radius 3 is 1.85 bits per heavy atom. The van der Waals surface area contributed by atoms with Gasteiger partial charge in [-0.1, -0.05) is 26.7 Å². The van der Waals surface area contributed by atoms with Crippen molar-refractivity contribution in [2.24, 2.45) is 0 Å². The van der Waals surface area contributed by atoms with Crippen LogP contribution in [0.4, 0.5) is 5.69 Å². The van der Waals surface area contributed by atoms with E-state index in [9.17, 15) is 24.8 Å². The number of rotatable bonds is 10. The minimum atomic E-state index is -0.990. The molecule has 142 valence electrons. The molecule has 0 saturated heterocycles. The van der Waals surface area contributed by atoms with Crippen LogP contribution in [0, 0.1) is 10.1 Å². The summed E-state index contributed by atoms with van der Waals surface area (Å²) < 4.78 is 10.0. The van der Waals surface area contributed by atoms with Crippen molar-refractivity contribution in [1.29, 1.82) is 0 Å². The number of nitro benzene ring substituents is 1. The molecule has 26 heavy (non-hydrogen) atoms. The monoisotopic (exact) mass is 365 g/mol. The van der Waals surface area contributed by atoms with Crippen LogP contribution < -0.4 is 0 Å². The van der Waals surface area contributed by atoms with Crippen LogP contribution in [0.3, 0.4) is 0 Å². The van der Waals surface area contributed by atoms with E-state index < -0.39 is 28.2 Å². The fraction of sp³-hybridized carbons (Fsp3) is 0.444. The van der Waals surface area contributed by atoms with E-state index in [0.29, 0.717) is 12.8 Å². The number of aliphatic hydroxyl groups excluding tert-OH is 1. The predicted octanol–water partition coefficient (Wildman–Crippen LogP) is 3.55. The highest BCUT2D eigenvalue weighted by atomic mass is 16.6. The van der Waals surface area contributed by atoms with Gasteiger partial charge in [0.15, 0.2) is 5.57 Å². The van der Waals surface area contributed by atoms with Crippen molar-refractivity contribution < 1.29 is 29.1 Å². The lowest BCUT2D eigenvalue weighted by Crippen LogP contribution is -2.21. The van der Waals surface area contributed by atoms with Gasteiger partial charge in [-0.2, -0.15) is 0 Å². The topological polar surface area (TPSA) is 116 Å². The normalized spacial score (nSPS) is 10.1. The molecule has 0 atom stereocenters. The number of hydrogen-bond acceptors (Lipinski definition) is 7. The molecule has 0 unspecified atom stereocenters. The molecule has 0 aliphatic rings. The van der Waals surface area contributed by atoms with Crippen LogP contribution in [0.1, 0.15) is 45.1 Å². The van der Waals surface area contributed by atoms with E-state index >= 15 is 0 Å². The molecule has 0 aliphatic heterocycles. The van der Waals surface area contributed by atoms with Crippen molar-refractivity contribution >= 4 is 23.4 Å². The molecule has 8 nitrogen and oxygen atoms in total. The number of aliphatic hydroxyl groups is 1. The van der Waals surface area contributed by atoms with Crippen LogP contribution in [0.15, 0.2) is 29.8 Å². The van der Waals surface area contributed by atoms with Gasteiger partial charge in [0.05, 0.1) is 18.1 Å². The summed E-state index contributed by atoms with van der Waals surface area (Å²) in [5.74, 6) is -2.62. The molecule has 0 spiro atoms. The first-order valence-electron chi connectivity index (χ1n) is 8.44. The van der Waals surface area contributed by atoms with Gasteiger partial charge in [-0.3, -0.25) is 10.1 Å². The molecule has 0 bridgehead atoms. The molecule has 1 rings (SSSR count). The van der Waals surface area contributed by atoms with Gasteiger partial charge in [0.2, 0.25) is 0 Å². The summed E-state index contributed by atoms with van der Waals surface area (Å²) in [5, 5.41) is 21.1. The first-order valence-corrected chi connectivity index (χ1v) is 8.44. The number of carbonyl (C=O) groups is 2. The molecule has 8 heteroatoms. The van der Waals surface area contributed by atoms with Crippen molar-refractivity contribution in [3.63, 3.8) is 0 Å². The number of esters is 2. The average molecular weight is 365 g/mol. The summed E-state index contributed by atoms with van der Waals surface area (Å²) in [6.45, 7) is 4.04. The van der Waals surface area contributed by atoms with E-state index in [0.717, 1.165) is 25.0 Å². The standard InChI is InChI=1S/C18H23NO7/c1-3-5-11-25-17(21)15(18(22)26-12-6-4-2)16(20)13-7-9-14(10-8-13)19(23)24/h7-10,20H,3-6,11-12H2,1-2H3. The predicted molar refractivity (Wildman–Crippen MR) is 94.4 cm³/mol. The molecule has 1 N–H and O–H groups in total. The number of non-ortho nitro benzene ring substituents is 1. The van der Waals surface area contributed by atoms with Gasteiger partial charge < -0.3 is 14.6 Å². The quantitative estimate of drug-likeness (QED) is 0.0985. The number of unbranched alkanes of at least 4 members (excludes halogenated alkanes) is 2. The summed E-state index contributed by atoms with van der Waals surface area (Å²) >= 11 is 0. The van der Waals surface area contributed by atoms with E-state index in [1.165, 1.54) is 12.1 Å². The van der Waals surface area contributed by atoms with Gasteiger partial charge in [-0.25, -0.2) is 9.59 Å². The molecule has 0 heterocycles. The Hall–Kier alpha value is -2.90. The largest absolute Gasteiger partial charge is 0.506 e. The maximum Gasteiger partial charge on any atom is 0.349 e. The van der Waals surface area contributed by atoms with E-state index in [4.69, 9.17) is 9.47 Å². The maximum atomic E-state index is 12.2. The molecule has 0 fully saturated rings. The molecule has 0 amide bonds. The van der Waals surface area contributed by atoms with Crippen LogP contribution in [0.2, 0.25) is 0 Å². The molecule has 1 aromatic carbocycles. The number of hydrogen-bond donors (Lipinski definition) is 1. The number of nitro groups is 1. The van der Waals surface area contributed by atoms with Gasteiger partial charge in [0.25, 0.3) is 5.69 Å². The molecule has 0 radical (unpaired) electrons. The third kappa shape index (κ3) is 6.19. The Labute approximate surface area is 151 Å². The van der Waals surface area contributed by atoms with Crippen molar-refractivity contribution in [2.45, 2.75) is 39.5 Å². The second-order valence-corrected chi connectivity index (χ2v) is 5.51. The Bertz CT molecular complexity index is 641. The van der Waals surface area contributed by atoms with Gasteiger partial charge in [-0.05, 0) is 25.0 Å². The summed E-state index contributed by atoms with van der Waals surface area (Å²) in [5.41, 5.74) is -0.726. The molecule has 0 aromatic heterocycles. The Kier molecular flexibility index (Phi) is 8.83. The zero-order valence-electron chi connectivity index (χ0n) is 14.9. The SMILES string of the molecule is CCCCOC(=O)C(C(=O)OCCCC)=C(O)c1ccc([N+](=O)[O-])cc1. The maximum absolute atomic E-state index is 12.2. The van der Waals surface area contributed by atoms with Gasteiger partial charge in [0, 0.05) is 17.7 Å². The summed E-state index contributed by atoms with van der Waals surface area (Å²) in [4.78, 5) is 34.6. The lowest BCUT2D eigenvalue weighted by molar-refractivity contribution is -0.384. The van der Waals surface area contributed by atoms with Crippen molar-refractivity contribution in [2.75, 3.05) is 13.2 Å². The van der Waals surface area contributed by atoms with Crippen molar-refractivity contribution in [3.8, 4) is 0 Å². The van der Waals surface area contributed by atoms with Crippen molar-refractivity contribution in [1.82, 2.24) is 0 Å². The molecular formula is C18H23NO7. The van der Waals surface area contributed by atoms with Gasteiger partial charge >= 0.3 is 11.9 Å². The van der Waals surface area contributed by atoms with E-state index in [-0.39, 0.29) is 24.5 Å². The number of nitrogens with zero attached hydrogens (tertiary/aromatic N) is 1. The summed E-state index contributed by atoms with van der Waals surface area (Å²) in [7, 11) is 0. The second kappa shape index (κ2) is 10.9. The fourth-order valence-electron chi connectivity index (χ4n) is 1.92. The number of benzene rings is 1. The van der Waals surface area contributed by atoms with Crippen LogP contribution in [-0.2, 0) is 19.1 Å². The average Bonchev–Trinajstić information content (AvgIpc) is 2.62. The third-order valence-electron chi connectivity index (χ3n) is 3.46. The Morgan fingerprint density at radius 2 is 1.46 bits per heavy atom. The van der Waals surface area contributed by atoms with Gasteiger partial charge in [-0.15, -0.1) is 0 Å². The zero-order valence-corrected chi connectivity index (χ0v) is 14.9. The smallest absolute Gasteiger partial charge is 0.349 e. The first kappa shape index (κ1) is 21.1. The second-order valence-electron chi connectivity index (χ2n) is 5.51. The summed E-state index contributed by atoms with van der Waals surface area (Å²) in [6, 6.07) is 4.81. The number of ether oxygens (including phenoxy) is 2. The van der Waals surface area contributed by atoms with Crippen LogP contribution in [-0.4, -0.2) is 35.2 Å². The Balaban J connectivity index is 3.13. The molecule has 0 saturated carbocycles. The summed E-state index contributed by atoms with van der Waals surface area (Å²) in [6.07, 6.45) is 2.81. The Morgan fingerprint density at radius 1 is 1.00 bits per heavy atom. The van der Waals surface area contributed by atoms with Crippen molar-refractivity contribution in [3.05, 3.63) is 45.5 Å². The molecule has 1 aromatic rings. The molecular weight excluding hydrogens is 342 g/mol. The highest BCUT2D eigenvalue weighted by Crippen LogP contribution is 2.21.